The van der Waals surface area contributed by atoms with E-state index in [0.29, 0.717) is 52.9 Å². The summed E-state index contributed by atoms with van der Waals surface area (Å²) in [5.41, 5.74) is 3.05. The van der Waals surface area contributed by atoms with Crippen molar-refractivity contribution >= 4 is 5.78 Å². The number of aryl methyl sites for hydroxylation is 1. The first-order valence-corrected chi connectivity index (χ1v) is 12.7. The van der Waals surface area contributed by atoms with Gasteiger partial charge >= 0.3 is 0 Å². The van der Waals surface area contributed by atoms with Gasteiger partial charge in [-0.05, 0) is 62.5 Å². The zero-order valence-electron chi connectivity index (χ0n) is 22.1. The lowest BCUT2D eigenvalue weighted by Crippen LogP contribution is -2.14. The van der Waals surface area contributed by atoms with Crippen LogP contribution < -0.4 is 10.1 Å². The van der Waals surface area contributed by atoms with Crippen LogP contribution >= 0.6 is 0 Å². The third kappa shape index (κ3) is 13.4. The molecule has 7 nitrogen and oxygen atoms in total. The molecule has 0 saturated heterocycles. The molecule has 0 aliphatic heterocycles. The van der Waals surface area contributed by atoms with Gasteiger partial charge in [0.2, 0.25) is 0 Å². The number of nitrogens with one attached hydrogen (secondary N) is 1. The van der Waals surface area contributed by atoms with Crippen LogP contribution in [0.5, 0.6) is 5.75 Å². The van der Waals surface area contributed by atoms with Crippen molar-refractivity contribution in [3.05, 3.63) is 28.8 Å². The van der Waals surface area contributed by atoms with E-state index in [-0.39, 0.29) is 11.7 Å². The zero-order chi connectivity index (χ0) is 25.0. The molecule has 0 amide bonds. The van der Waals surface area contributed by atoms with Gasteiger partial charge in [0.15, 0.2) is 5.78 Å². The highest BCUT2D eigenvalue weighted by Gasteiger charge is 2.16. The Hall–Kier alpha value is -1.51. The van der Waals surface area contributed by atoms with Crippen LogP contribution in [0.25, 0.3) is 0 Å². The molecular weight excluding hydrogens is 434 g/mol. The maximum Gasteiger partial charge on any atom is 0.165 e. The maximum atomic E-state index is 12.7. The molecule has 34 heavy (non-hydrogen) atoms. The number of methoxy groups -OCH3 is 1. The number of Topliss-reactive ketones (excluding diaryl/α,β-unsaturated/α-hetero) is 1. The average Bonchev–Trinajstić information content (AvgIpc) is 2.83. The number of carbonyl (C=O) groups excluding carboxylic acids is 1. The second-order valence-corrected chi connectivity index (χ2v) is 8.62. The first kappa shape index (κ1) is 30.5. The van der Waals surface area contributed by atoms with Gasteiger partial charge in [-0.1, -0.05) is 27.2 Å². The smallest absolute Gasteiger partial charge is 0.165 e. The normalized spacial score (nSPS) is 11.4. The second-order valence-electron chi connectivity index (χ2n) is 8.62. The van der Waals surface area contributed by atoms with E-state index < -0.39 is 0 Å². The molecule has 0 atom stereocenters. The first-order chi connectivity index (χ1) is 16.5. The maximum absolute atomic E-state index is 12.7. The molecule has 0 unspecified atom stereocenters. The van der Waals surface area contributed by atoms with Gasteiger partial charge in [0.1, 0.15) is 12.4 Å². The van der Waals surface area contributed by atoms with Crippen molar-refractivity contribution in [2.75, 3.05) is 73.1 Å². The number of unbranched alkanes of at least 4 members (excludes halogenated alkanes) is 2. The van der Waals surface area contributed by atoms with Crippen LogP contribution in [-0.4, -0.2) is 78.8 Å². The lowest BCUT2D eigenvalue weighted by Gasteiger charge is -2.16. The molecule has 0 aromatic heterocycles. The van der Waals surface area contributed by atoms with E-state index in [1.165, 1.54) is 18.4 Å². The number of ether oxygens (including phenoxy) is 5. The standard InChI is InChI=1S/C27H47NO6/c1-6-28-11-9-7-8-10-24-20-25(27(29)22(2)3)21-26(23(24)4)34-19-18-33-17-16-32-15-14-31-13-12-30-5/h20-22,28H,6-19H2,1-5H3. The minimum absolute atomic E-state index is 0.0442. The van der Waals surface area contributed by atoms with Crippen molar-refractivity contribution < 1.29 is 28.5 Å². The van der Waals surface area contributed by atoms with E-state index in [1.54, 1.807) is 7.11 Å². The molecule has 0 fully saturated rings. The molecule has 1 N–H and O–H groups in total. The molecule has 0 bridgehead atoms. The largest absolute Gasteiger partial charge is 0.491 e. The summed E-state index contributed by atoms with van der Waals surface area (Å²) in [7, 11) is 1.65. The summed E-state index contributed by atoms with van der Waals surface area (Å²) in [6, 6.07) is 3.95. The number of rotatable bonds is 22. The zero-order valence-corrected chi connectivity index (χ0v) is 22.1. The summed E-state index contributed by atoms with van der Waals surface area (Å²) in [6.45, 7) is 14.3. The lowest BCUT2D eigenvalue weighted by atomic mass is 9.94. The van der Waals surface area contributed by atoms with Crippen LogP contribution in [0.3, 0.4) is 0 Å². The predicted octanol–water partition coefficient (Wildman–Crippen LogP) is 4.23. The minimum Gasteiger partial charge on any atom is -0.491 e. The molecule has 0 spiro atoms. The van der Waals surface area contributed by atoms with E-state index in [0.717, 1.165) is 42.8 Å². The van der Waals surface area contributed by atoms with E-state index in [1.807, 2.05) is 19.9 Å². The molecule has 0 radical (unpaired) electrons. The molecule has 0 aliphatic carbocycles. The molecular formula is C27H47NO6. The number of hydrogen-bond acceptors (Lipinski definition) is 7. The fourth-order valence-electron chi connectivity index (χ4n) is 3.44. The quantitative estimate of drug-likeness (QED) is 0.196. The predicted molar refractivity (Wildman–Crippen MR) is 136 cm³/mol. The molecule has 1 rings (SSSR count). The van der Waals surface area contributed by atoms with Gasteiger partial charge in [0, 0.05) is 18.6 Å². The van der Waals surface area contributed by atoms with Crippen molar-refractivity contribution in [1.82, 2.24) is 5.32 Å². The Labute approximate surface area is 206 Å². The van der Waals surface area contributed by atoms with E-state index in [4.69, 9.17) is 23.7 Å². The van der Waals surface area contributed by atoms with Crippen molar-refractivity contribution in [2.24, 2.45) is 5.92 Å². The van der Waals surface area contributed by atoms with Crippen molar-refractivity contribution in [2.45, 2.75) is 53.4 Å². The van der Waals surface area contributed by atoms with Gasteiger partial charge in [0.05, 0.1) is 46.2 Å². The summed E-state index contributed by atoms with van der Waals surface area (Å²) < 4.78 is 27.4. The summed E-state index contributed by atoms with van der Waals surface area (Å²) in [5.74, 6) is 0.886. The number of hydrogen-bond donors (Lipinski definition) is 1. The highest BCUT2D eigenvalue weighted by Crippen LogP contribution is 2.27. The fraction of sp³-hybridized carbons (Fsp3) is 0.741. The third-order valence-corrected chi connectivity index (χ3v) is 5.49. The SMILES string of the molecule is CCNCCCCCc1cc(C(=O)C(C)C)cc(OCCOCCOCCOCCOC)c1C. The lowest BCUT2D eigenvalue weighted by molar-refractivity contribution is 0.000136. The highest BCUT2D eigenvalue weighted by atomic mass is 16.6. The Bertz CT molecular complexity index is 665. The molecule has 1 aromatic carbocycles. The summed E-state index contributed by atoms with van der Waals surface area (Å²) in [5, 5.41) is 3.37. The van der Waals surface area contributed by atoms with Gasteiger partial charge in [0.25, 0.3) is 0 Å². The van der Waals surface area contributed by atoms with E-state index in [2.05, 4.69) is 25.2 Å². The van der Waals surface area contributed by atoms with Gasteiger partial charge in [-0.15, -0.1) is 0 Å². The van der Waals surface area contributed by atoms with Crippen LogP contribution in [0, 0.1) is 12.8 Å². The van der Waals surface area contributed by atoms with Crippen molar-refractivity contribution in [1.29, 1.82) is 0 Å². The summed E-state index contributed by atoms with van der Waals surface area (Å²) >= 11 is 0. The van der Waals surface area contributed by atoms with E-state index >= 15 is 0 Å². The van der Waals surface area contributed by atoms with Crippen LogP contribution in [0.1, 0.15) is 61.5 Å². The third-order valence-electron chi connectivity index (χ3n) is 5.49. The van der Waals surface area contributed by atoms with Crippen LogP contribution in [0.15, 0.2) is 12.1 Å². The van der Waals surface area contributed by atoms with Crippen LogP contribution in [0.2, 0.25) is 0 Å². The topological polar surface area (TPSA) is 75.3 Å². The van der Waals surface area contributed by atoms with Crippen LogP contribution in [-0.2, 0) is 25.4 Å². The molecule has 7 heteroatoms. The summed E-state index contributed by atoms with van der Waals surface area (Å²) in [6.07, 6.45) is 4.39. The van der Waals surface area contributed by atoms with Gasteiger partial charge in [-0.3, -0.25) is 4.79 Å². The number of carbonyl (C=O) groups is 1. The minimum atomic E-state index is -0.0442. The Balaban J connectivity index is 2.45. The van der Waals surface area contributed by atoms with Crippen molar-refractivity contribution in [3.8, 4) is 5.75 Å². The first-order valence-electron chi connectivity index (χ1n) is 12.7. The number of ketones is 1. The van der Waals surface area contributed by atoms with Gasteiger partial charge < -0.3 is 29.0 Å². The van der Waals surface area contributed by atoms with Crippen molar-refractivity contribution in [3.63, 3.8) is 0 Å². The van der Waals surface area contributed by atoms with Crippen LogP contribution in [0.4, 0.5) is 0 Å². The van der Waals surface area contributed by atoms with E-state index in [9.17, 15) is 4.79 Å². The Morgan fingerprint density at radius 2 is 1.50 bits per heavy atom. The monoisotopic (exact) mass is 481 g/mol. The highest BCUT2D eigenvalue weighted by molar-refractivity contribution is 5.98. The second kappa shape index (κ2) is 19.8. The fourth-order valence-corrected chi connectivity index (χ4v) is 3.44. The molecule has 0 heterocycles. The summed E-state index contributed by atoms with van der Waals surface area (Å²) in [4.78, 5) is 12.7. The molecule has 1 aromatic rings. The Morgan fingerprint density at radius 1 is 0.882 bits per heavy atom. The average molecular weight is 482 g/mol. The Kier molecular flexibility index (Phi) is 17.7. The molecule has 0 saturated carbocycles. The molecule has 196 valence electrons. The molecule has 0 aliphatic rings. The number of benzene rings is 1. The van der Waals surface area contributed by atoms with Gasteiger partial charge in [-0.25, -0.2) is 0 Å². The van der Waals surface area contributed by atoms with Gasteiger partial charge in [-0.2, -0.15) is 0 Å². The Morgan fingerprint density at radius 3 is 2.09 bits per heavy atom.